The summed E-state index contributed by atoms with van der Waals surface area (Å²) in [4.78, 5) is 19.4. The molecule has 0 aliphatic heterocycles. The van der Waals surface area contributed by atoms with E-state index in [0.29, 0.717) is 5.92 Å². The van der Waals surface area contributed by atoms with E-state index in [9.17, 15) is 4.79 Å². The Morgan fingerprint density at radius 3 is 2.61 bits per heavy atom. The summed E-state index contributed by atoms with van der Waals surface area (Å²) in [6, 6.07) is 13.9. The van der Waals surface area contributed by atoms with Crippen molar-refractivity contribution >= 4 is 22.4 Å². The smallest absolute Gasteiger partial charge is 0.159 e. The maximum absolute atomic E-state index is 11.7. The van der Waals surface area contributed by atoms with Crippen LogP contribution in [0.25, 0.3) is 16.6 Å². The van der Waals surface area contributed by atoms with Crippen LogP contribution in [0, 0.1) is 5.92 Å². The number of allylic oxidation sites excluding steroid dienone is 1. The number of ketones is 1. The standard InChI is InChI=1S/C20H20N2O/c1-13(2)10-18(16-7-4-6-15(11-16)14(3)23)19-12-17-8-5-9-21-20(17)22-19/h4-13H,1-3H3,(H,21,22)/b18-10-. The molecule has 1 N–H and O–H groups in total. The highest BCUT2D eigenvalue weighted by Crippen LogP contribution is 2.27. The molecule has 23 heavy (non-hydrogen) atoms. The third kappa shape index (κ3) is 3.24. The number of benzene rings is 1. The van der Waals surface area contributed by atoms with Gasteiger partial charge in [-0.2, -0.15) is 0 Å². The molecule has 2 aromatic heterocycles. The summed E-state index contributed by atoms with van der Waals surface area (Å²) in [7, 11) is 0. The number of aromatic amines is 1. The Hall–Kier alpha value is -2.68. The Bertz CT molecular complexity index is 854. The minimum atomic E-state index is 0.0778. The molecule has 3 nitrogen and oxygen atoms in total. The van der Waals surface area contributed by atoms with Gasteiger partial charge in [0.05, 0.1) is 0 Å². The number of H-pyrrole nitrogens is 1. The maximum atomic E-state index is 11.7. The van der Waals surface area contributed by atoms with E-state index in [4.69, 9.17) is 0 Å². The number of nitrogens with one attached hydrogen (secondary N) is 1. The van der Waals surface area contributed by atoms with Crippen LogP contribution < -0.4 is 0 Å². The zero-order valence-corrected chi connectivity index (χ0v) is 13.6. The molecule has 0 aliphatic rings. The molecule has 0 fully saturated rings. The monoisotopic (exact) mass is 304 g/mol. The molecule has 0 bridgehead atoms. The number of pyridine rings is 1. The van der Waals surface area contributed by atoms with Gasteiger partial charge in [0.15, 0.2) is 5.78 Å². The molecule has 0 spiro atoms. The Kier molecular flexibility index (Phi) is 4.11. The van der Waals surface area contributed by atoms with Crippen molar-refractivity contribution in [2.24, 2.45) is 5.92 Å². The lowest BCUT2D eigenvalue weighted by Gasteiger charge is -2.09. The number of nitrogens with zero attached hydrogens (tertiary/aromatic N) is 1. The molecule has 3 rings (SSSR count). The molecular formula is C20H20N2O. The van der Waals surface area contributed by atoms with Gasteiger partial charge < -0.3 is 4.98 Å². The first-order valence-electron chi connectivity index (χ1n) is 7.82. The molecule has 0 saturated carbocycles. The number of Topliss-reactive ketones (excluding diaryl/α,β-unsaturated/α-hetero) is 1. The van der Waals surface area contributed by atoms with Gasteiger partial charge in [0.2, 0.25) is 0 Å². The van der Waals surface area contributed by atoms with Crippen molar-refractivity contribution in [2.45, 2.75) is 20.8 Å². The molecule has 0 radical (unpaired) electrons. The molecule has 3 heteroatoms. The number of fused-ring (bicyclic) bond motifs is 1. The lowest BCUT2D eigenvalue weighted by molar-refractivity contribution is 0.101. The van der Waals surface area contributed by atoms with Gasteiger partial charge in [-0.25, -0.2) is 4.98 Å². The fourth-order valence-corrected chi connectivity index (χ4v) is 2.68. The van der Waals surface area contributed by atoms with Gasteiger partial charge in [-0.1, -0.05) is 38.1 Å². The number of hydrogen-bond donors (Lipinski definition) is 1. The highest BCUT2D eigenvalue weighted by Gasteiger charge is 2.11. The van der Waals surface area contributed by atoms with E-state index in [1.165, 1.54) is 0 Å². The van der Waals surface area contributed by atoms with Crippen LogP contribution in [-0.2, 0) is 0 Å². The quantitative estimate of drug-likeness (QED) is 0.700. The van der Waals surface area contributed by atoms with Gasteiger partial charge in [-0.05, 0) is 42.7 Å². The second-order valence-corrected chi connectivity index (χ2v) is 6.09. The third-order valence-electron chi connectivity index (χ3n) is 3.76. The summed E-state index contributed by atoms with van der Waals surface area (Å²) < 4.78 is 0. The Labute approximate surface area is 136 Å². The van der Waals surface area contributed by atoms with Crippen LogP contribution in [-0.4, -0.2) is 15.8 Å². The molecule has 0 aliphatic carbocycles. The first-order valence-corrected chi connectivity index (χ1v) is 7.82. The highest BCUT2D eigenvalue weighted by atomic mass is 16.1. The topological polar surface area (TPSA) is 45.8 Å². The number of carbonyl (C=O) groups excluding carboxylic acids is 1. The van der Waals surface area contributed by atoms with Gasteiger partial charge in [0.25, 0.3) is 0 Å². The fraction of sp³-hybridized carbons (Fsp3) is 0.200. The van der Waals surface area contributed by atoms with E-state index in [1.807, 2.05) is 36.4 Å². The van der Waals surface area contributed by atoms with E-state index in [-0.39, 0.29) is 5.78 Å². The van der Waals surface area contributed by atoms with Crippen LogP contribution in [0.1, 0.15) is 42.4 Å². The summed E-state index contributed by atoms with van der Waals surface area (Å²) in [5.74, 6) is 0.472. The molecule has 0 saturated heterocycles. The van der Waals surface area contributed by atoms with Crippen molar-refractivity contribution in [3.05, 3.63) is 71.6 Å². The Morgan fingerprint density at radius 1 is 1.13 bits per heavy atom. The number of carbonyl (C=O) groups is 1. The van der Waals surface area contributed by atoms with E-state index >= 15 is 0 Å². The first kappa shape index (κ1) is 15.2. The molecule has 3 aromatic rings. The van der Waals surface area contributed by atoms with Crippen LogP contribution in [0.2, 0.25) is 0 Å². The average Bonchev–Trinajstić information content (AvgIpc) is 2.96. The molecule has 2 heterocycles. The van der Waals surface area contributed by atoms with Crippen LogP contribution in [0.3, 0.4) is 0 Å². The van der Waals surface area contributed by atoms with Crippen LogP contribution in [0.4, 0.5) is 0 Å². The zero-order chi connectivity index (χ0) is 16.4. The first-order chi connectivity index (χ1) is 11.0. The SMILES string of the molecule is CC(=O)c1cccc(/C(=C/C(C)C)c2cc3cccnc3[nH]2)c1. The van der Waals surface area contributed by atoms with Gasteiger partial charge in [-0.3, -0.25) is 4.79 Å². The van der Waals surface area contributed by atoms with E-state index in [1.54, 1.807) is 13.1 Å². The molecule has 0 amide bonds. The average molecular weight is 304 g/mol. The van der Waals surface area contributed by atoms with Gasteiger partial charge in [-0.15, -0.1) is 0 Å². The zero-order valence-electron chi connectivity index (χ0n) is 13.6. The fourth-order valence-electron chi connectivity index (χ4n) is 2.68. The number of aromatic nitrogens is 2. The van der Waals surface area contributed by atoms with Crippen molar-refractivity contribution in [1.29, 1.82) is 0 Å². The Morgan fingerprint density at radius 2 is 1.91 bits per heavy atom. The summed E-state index contributed by atoms with van der Waals surface area (Å²) >= 11 is 0. The van der Waals surface area contributed by atoms with Crippen molar-refractivity contribution < 1.29 is 4.79 Å². The highest BCUT2D eigenvalue weighted by molar-refractivity contribution is 5.96. The summed E-state index contributed by atoms with van der Waals surface area (Å²) in [6.07, 6.45) is 3.99. The van der Waals surface area contributed by atoms with Crippen molar-refractivity contribution in [2.75, 3.05) is 0 Å². The largest absolute Gasteiger partial charge is 0.339 e. The summed E-state index contributed by atoms with van der Waals surface area (Å²) in [5, 5.41) is 1.08. The molecule has 0 atom stereocenters. The van der Waals surface area contributed by atoms with Crippen molar-refractivity contribution in [3.8, 4) is 0 Å². The van der Waals surface area contributed by atoms with E-state index in [2.05, 4.69) is 36.0 Å². The third-order valence-corrected chi connectivity index (χ3v) is 3.76. The molecule has 0 unspecified atom stereocenters. The predicted molar refractivity (Wildman–Crippen MR) is 94.5 cm³/mol. The number of hydrogen-bond acceptors (Lipinski definition) is 2. The number of rotatable bonds is 4. The van der Waals surface area contributed by atoms with Gasteiger partial charge >= 0.3 is 0 Å². The molecule has 1 aromatic carbocycles. The molecular weight excluding hydrogens is 284 g/mol. The second kappa shape index (κ2) is 6.21. The van der Waals surface area contributed by atoms with Gasteiger partial charge in [0, 0.05) is 28.4 Å². The Balaban J connectivity index is 2.15. The summed E-state index contributed by atoms with van der Waals surface area (Å²) in [6.45, 7) is 5.89. The van der Waals surface area contributed by atoms with E-state index < -0.39 is 0 Å². The normalized spacial score (nSPS) is 12.1. The molecule has 116 valence electrons. The minimum Gasteiger partial charge on any atom is -0.339 e. The van der Waals surface area contributed by atoms with Crippen molar-refractivity contribution in [1.82, 2.24) is 9.97 Å². The van der Waals surface area contributed by atoms with E-state index in [0.717, 1.165) is 33.4 Å². The van der Waals surface area contributed by atoms with Crippen LogP contribution in [0.5, 0.6) is 0 Å². The minimum absolute atomic E-state index is 0.0778. The lowest BCUT2D eigenvalue weighted by atomic mass is 9.96. The van der Waals surface area contributed by atoms with Crippen LogP contribution in [0.15, 0.2) is 54.7 Å². The predicted octanol–water partition coefficient (Wildman–Crippen LogP) is 4.85. The van der Waals surface area contributed by atoms with Crippen molar-refractivity contribution in [3.63, 3.8) is 0 Å². The van der Waals surface area contributed by atoms with Gasteiger partial charge in [0.1, 0.15) is 5.65 Å². The summed E-state index contributed by atoms with van der Waals surface area (Å²) in [5.41, 5.74) is 4.76. The maximum Gasteiger partial charge on any atom is 0.159 e. The lowest BCUT2D eigenvalue weighted by Crippen LogP contribution is -1.96. The van der Waals surface area contributed by atoms with Crippen LogP contribution >= 0.6 is 0 Å². The second-order valence-electron chi connectivity index (χ2n) is 6.09.